The molecular weight excluding hydrogens is 444 g/mol. The number of amides is 1. The molecule has 2 aromatic carbocycles. The molecule has 2 aliphatic rings. The van der Waals surface area contributed by atoms with Gasteiger partial charge in [0.2, 0.25) is 0 Å². The number of nitrogens with zero attached hydrogens (tertiary/aromatic N) is 1. The average Bonchev–Trinajstić information content (AvgIpc) is 3.05. The minimum Gasteiger partial charge on any atom is -0.466 e. The molecule has 2 aliphatic heterocycles. The van der Waals surface area contributed by atoms with Crippen LogP contribution in [0.4, 0.5) is 10.5 Å². The monoisotopic (exact) mass is 470 g/mol. The zero-order valence-electron chi connectivity index (χ0n) is 18.3. The second-order valence-corrected chi connectivity index (χ2v) is 10.8. The Morgan fingerprint density at radius 2 is 1.82 bits per heavy atom. The molecule has 0 bridgehead atoms. The number of para-hydroxylation sites is 1. The van der Waals surface area contributed by atoms with E-state index in [9.17, 15) is 18.0 Å². The Balaban J connectivity index is 1.38. The number of anilines is 1. The van der Waals surface area contributed by atoms with Gasteiger partial charge in [-0.1, -0.05) is 48.5 Å². The lowest BCUT2D eigenvalue weighted by atomic mass is 9.91. The van der Waals surface area contributed by atoms with Crippen molar-refractivity contribution in [3.05, 3.63) is 71.8 Å². The van der Waals surface area contributed by atoms with E-state index < -0.39 is 32.7 Å². The molecule has 0 radical (unpaired) electrons. The molecule has 1 atom stereocenters. The number of esters is 1. The third-order valence-electron chi connectivity index (χ3n) is 6.07. The Kier molecular flexibility index (Phi) is 6.42. The molecule has 0 aliphatic carbocycles. The van der Waals surface area contributed by atoms with Crippen molar-refractivity contribution in [2.45, 2.75) is 23.8 Å². The van der Waals surface area contributed by atoms with Crippen molar-refractivity contribution in [2.24, 2.45) is 0 Å². The highest BCUT2D eigenvalue weighted by atomic mass is 32.2. The highest BCUT2D eigenvalue weighted by Gasteiger charge is 2.59. The molecule has 174 valence electrons. The third kappa shape index (κ3) is 4.88. The Bertz CT molecular complexity index is 1160. The van der Waals surface area contributed by atoms with Gasteiger partial charge in [-0.3, -0.25) is 0 Å². The van der Waals surface area contributed by atoms with E-state index in [1.807, 2.05) is 59.5 Å². The molecule has 1 unspecified atom stereocenters. The summed E-state index contributed by atoms with van der Waals surface area (Å²) in [5.41, 5.74) is 2.50. The summed E-state index contributed by atoms with van der Waals surface area (Å²) in [5, 5.41) is 2.71. The maximum atomic E-state index is 13.0. The number of carbonyl (C=O) groups excluding carboxylic acids is 2. The lowest BCUT2D eigenvalue weighted by Gasteiger charge is -2.48. The van der Waals surface area contributed by atoms with Crippen molar-refractivity contribution in [3.63, 3.8) is 0 Å². The van der Waals surface area contributed by atoms with Crippen molar-refractivity contribution in [1.82, 2.24) is 5.32 Å². The van der Waals surface area contributed by atoms with Crippen LogP contribution in [0.5, 0.6) is 0 Å². The Labute approximate surface area is 193 Å². The number of hydrogen-bond donors (Lipinski definition) is 1. The van der Waals surface area contributed by atoms with Crippen molar-refractivity contribution < 1.29 is 27.5 Å². The fraction of sp³-hybridized carbons (Fsp3) is 0.333. The van der Waals surface area contributed by atoms with Crippen LogP contribution < -0.4 is 10.2 Å². The number of carbonyl (C=O) groups is 2. The first-order valence-electron chi connectivity index (χ1n) is 10.6. The highest BCUT2D eigenvalue weighted by molar-refractivity contribution is 7.93. The molecule has 2 heterocycles. The van der Waals surface area contributed by atoms with Gasteiger partial charge in [0, 0.05) is 30.9 Å². The van der Waals surface area contributed by atoms with Gasteiger partial charge in [0.05, 0.1) is 12.9 Å². The third-order valence-corrected chi connectivity index (χ3v) is 8.65. The molecule has 33 heavy (non-hydrogen) atoms. The summed E-state index contributed by atoms with van der Waals surface area (Å²) in [7, 11) is -2.09. The first-order valence-corrected chi connectivity index (χ1v) is 12.3. The topological polar surface area (TPSA) is 102 Å². The average molecular weight is 471 g/mol. The molecule has 0 saturated carbocycles. The number of alkyl carbamates (subject to hydrolysis) is 1. The quantitative estimate of drug-likeness (QED) is 0.511. The van der Waals surface area contributed by atoms with Gasteiger partial charge in [-0.25, -0.2) is 18.0 Å². The van der Waals surface area contributed by atoms with Crippen LogP contribution in [0.3, 0.4) is 0 Å². The lowest BCUT2D eigenvalue weighted by Crippen LogP contribution is -2.64. The van der Waals surface area contributed by atoms with Crippen molar-refractivity contribution in [1.29, 1.82) is 0 Å². The molecular formula is C24H26N2O6S. The van der Waals surface area contributed by atoms with Gasteiger partial charge >= 0.3 is 12.1 Å². The van der Waals surface area contributed by atoms with Crippen LogP contribution in [0.15, 0.2) is 60.7 Å². The van der Waals surface area contributed by atoms with Crippen molar-refractivity contribution in [2.75, 3.05) is 30.9 Å². The first-order chi connectivity index (χ1) is 15.8. The van der Waals surface area contributed by atoms with Crippen molar-refractivity contribution >= 4 is 33.7 Å². The van der Waals surface area contributed by atoms with Crippen molar-refractivity contribution in [3.8, 4) is 0 Å². The molecule has 8 nitrogen and oxygen atoms in total. The van der Waals surface area contributed by atoms with E-state index in [-0.39, 0.29) is 12.4 Å². The molecule has 2 saturated heterocycles. The summed E-state index contributed by atoms with van der Waals surface area (Å²) >= 11 is 0. The van der Waals surface area contributed by atoms with E-state index in [4.69, 9.17) is 4.74 Å². The zero-order valence-corrected chi connectivity index (χ0v) is 19.1. The second-order valence-electron chi connectivity index (χ2n) is 8.34. The number of hydrogen-bond acceptors (Lipinski definition) is 7. The van der Waals surface area contributed by atoms with Gasteiger partial charge in [0.1, 0.15) is 11.4 Å². The van der Waals surface area contributed by atoms with E-state index in [1.54, 1.807) is 6.08 Å². The Morgan fingerprint density at radius 1 is 1.12 bits per heavy atom. The minimum atomic E-state index is -3.40. The molecule has 0 aromatic heterocycles. The summed E-state index contributed by atoms with van der Waals surface area (Å²) in [6.07, 6.45) is 2.71. The largest absolute Gasteiger partial charge is 0.466 e. The normalized spacial score (nSPS) is 20.4. The van der Waals surface area contributed by atoms with Crippen LogP contribution in [0.1, 0.15) is 17.5 Å². The number of ether oxygens (including phenoxy) is 2. The first kappa shape index (κ1) is 22.8. The Morgan fingerprint density at radius 3 is 2.55 bits per heavy atom. The zero-order chi connectivity index (χ0) is 23.5. The van der Waals surface area contributed by atoms with E-state index in [2.05, 4.69) is 10.1 Å². The number of rotatable bonds is 6. The summed E-state index contributed by atoms with van der Waals surface area (Å²) in [5.74, 6) is -0.568. The fourth-order valence-electron chi connectivity index (χ4n) is 4.39. The molecule has 1 N–H and O–H groups in total. The van der Waals surface area contributed by atoms with E-state index in [0.717, 1.165) is 16.8 Å². The predicted molar refractivity (Wildman–Crippen MR) is 124 cm³/mol. The second kappa shape index (κ2) is 9.27. The highest BCUT2D eigenvalue weighted by Crippen LogP contribution is 2.43. The molecule has 2 aromatic rings. The minimum absolute atomic E-state index is 0.106. The summed E-state index contributed by atoms with van der Waals surface area (Å²) < 4.78 is 34.9. The summed E-state index contributed by atoms with van der Waals surface area (Å²) in [6, 6.07) is 16.3. The van der Waals surface area contributed by atoms with Gasteiger partial charge in [0.15, 0.2) is 9.84 Å². The Hall–Kier alpha value is -3.33. The number of methoxy groups -OCH3 is 1. The van der Waals surface area contributed by atoms with E-state index in [0.29, 0.717) is 19.5 Å². The molecule has 1 spiro atoms. The predicted octanol–water partition coefficient (Wildman–Crippen LogP) is 2.55. The molecule has 9 heteroatoms. The smallest absolute Gasteiger partial charge is 0.407 e. The maximum Gasteiger partial charge on any atom is 0.407 e. The van der Waals surface area contributed by atoms with Crippen LogP contribution in [0, 0.1) is 0 Å². The van der Waals surface area contributed by atoms with Gasteiger partial charge in [-0.15, -0.1) is 0 Å². The van der Waals surface area contributed by atoms with Crippen LogP contribution in [0.25, 0.3) is 6.08 Å². The number of nitrogens with one attached hydrogen (secondary N) is 1. The molecule has 4 rings (SSSR count). The van der Waals surface area contributed by atoms with E-state index >= 15 is 0 Å². The molecule has 2 fully saturated rings. The van der Waals surface area contributed by atoms with Gasteiger partial charge in [-0.2, -0.15) is 0 Å². The number of sulfone groups is 1. The standard InChI is InChI=1S/C24H26N2O6S/c1-31-22(27)12-11-19-9-5-6-10-21(19)26-16-24(17-26)13-20(15-33(24,29)30)25-23(28)32-14-18-7-3-2-4-8-18/h2-12,20H,13-17H2,1H3,(H,25,28). The van der Waals surface area contributed by atoms with Gasteiger partial charge in [0.25, 0.3) is 0 Å². The maximum absolute atomic E-state index is 13.0. The number of benzene rings is 2. The van der Waals surface area contributed by atoms with Gasteiger partial charge < -0.3 is 19.7 Å². The summed E-state index contributed by atoms with van der Waals surface area (Å²) in [6.45, 7) is 0.784. The summed E-state index contributed by atoms with van der Waals surface area (Å²) in [4.78, 5) is 25.6. The van der Waals surface area contributed by atoms with Crippen LogP contribution >= 0.6 is 0 Å². The lowest BCUT2D eigenvalue weighted by molar-refractivity contribution is -0.134. The fourth-order valence-corrected chi connectivity index (χ4v) is 6.63. The SMILES string of the molecule is COC(=O)C=Cc1ccccc1N1CC2(CC(NC(=O)OCc3ccccc3)CS2(=O)=O)C1. The van der Waals surface area contributed by atoms with E-state index in [1.165, 1.54) is 13.2 Å². The van der Waals surface area contributed by atoms with Crippen LogP contribution in [-0.2, 0) is 30.7 Å². The molecule has 1 amide bonds. The van der Waals surface area contributed by atoms with Gasteiger partial charge in [-0.05, 0) is 29.7 Å². The van der Waals surface area contributed by atoms with Crippen LogP contribution in [-0.4, -0.2) is 57.2 Å². The van der Waals surface area contributed by atoms with Crippen LogP contribution in [0.2, 0.25) is 0 Å².